The highest BCUT2D eigenvalue weighted by molar-refractivity contribution is 8.17. The summed E-state index contributed by atoms with van der Waals surface area (Å²) in [6.45, 7) is 5.70. The molecule has 2 aliphatic heterocycles. The van der Waals surface area contributed by atoms with Crippen molar-refractivity contribution in [1.29, 1.82) is 0 Å². The minimum Gasteiger partial charge on any atom is -0.493 e. The first-order valence-corrected chi connectivity index (χ1v) is 7.55. The lowest BCUT2D eigenvalue weighted by atomic mass is 10.1. The molecule has 0 atom stereocenters. The summed E-state index contributed by atoms with van der Waals surface area (Å²) < 4.78 is 11.0. The molecule has 5 heteroatoms. The number of allylic oxidation sites excluding steroid dienone is 1. The van der Waals surface area contributed by atoms with E-state index in [2.05, 4.69) is 22.5 Å². The van der Waals surface area contributed by atoms with Gasteiger partial charge >= 0.3 is 0 Å². The fourth-order valence-corrected chi connectivity index (χ4v) is 3.83. The maximum absolute atomic E-state index is 5.49. The summed E-state index contributed by atoms with van der Waals surface area (Å²) in [5.41, 5.74) is 3.05. The van der Waals surface area contributed by atoms with E-state index in [1.807, 2.05) is 18.2 Å². The summed E-state index contributed by atoms with van der Waals surface area (Å²) in [5, 5.41) is 2.10. The Kier molecular flexibility index (Phi) is 2.82. The van der Waals surface area contributed by atoms with Gasteiger partial charge in [0.15, 0.2) is 16.5 Å². The number of rotatable bonds is 3. The molecule has 2 aromatic rings. The van der Waals surface area contributed by atoms with E-state index >= 15 is 0 Å². The average molecular weight is 298 g/mol. The molecular formula is C16H14N2O2S. The van der Waals surface area contributed by atoms with Crippen LogP contribution in [0.2, 0.25) is 0 Å². The molecule has 0 saturated heterocycles. The minimum atomic E-state index is 0.748. The van der Waals surface area contributed by atoms with Gasteiger partial charge in [-0.2, -0.15) is 0 Å². The van der Waals surface area contributed by atoms with Crippen LogP contribution in [-0.2, 0) is 0 Å². The highest BCUT2D eigenvalue weighted by Gasteiger charge is 2.32. The fraction of sp³-hybridized carbons (Fsp3) is 0.188. The monoisotopic (exact) mass is 298 g/mol. The molecule has 1 aromatic carbocycles. The van der Waals surface area contributed by atoms with E-state index in [-0.39, 0.29) is 0 Å². The van der Waals surface area contributed by atoms with Gasteiger partial charge in [-0.25, -0.2) is 0 Å². The smallest absolute Gasteiger partial charge is 0.175 e. The number of ether oxygens (including phenoxy) is 1. The molecule has 0 unspecified atom stereocenters. The lowest BCUT2D eigenvalue weighted by Crippen LogP contribution is -2.20. The molecule has 0 fully saturated rings. The summed E-state index contributed by atoms with van der Waals surface area (Å²) >= 11 is 1.68. The highest BCUT2D eigenvalue weighted by atomic mass is 32.2. The molecule has 4 rings (SSSR count). The van der Waals surface area contributed by atoms with Gasteiger partial charge < -0.3 is 14.1 Å². The van der Waals surface area contributed by atoms with Crippen LogP contribution in [-0.4, -0.2) is 30.3 Å². The van der Waals surface area contributed by atoms with Crippen LogP contribution in [0.4, 0.5) is 0 Å². The van der Waals surface area contributed by atoms with Crippen molar-refractivity contribution in [3.8, 4) is 5.75 Å². The summed E-state index contributed by atoms with van der Waals surface area (Å²) in [4.78, 5) is 7.92. The first kappa shape index (κ1) is 12.6. The molecular weight excluding hydrogens is 284 g/mol. The maximum Gasteiger partial charge on any atom is 0.175 e. The predicted octanol–water partition coefficient (Wildman–Crippen LogP) is 3.71. The number of nitrogens with zero attached hydrogens (tertiary/aromatic N) is 2. The molecule has 0 bridgehead atoms. The largest absolute Gasteiger partial charge is 0.493 e. The van der Waals surface area contributed by atoms with Crippen molar-refractivity contribution in [2.75, 3.05) is 20.2 Å². The summed E-state index contributed by atoms with van der Waals surface area (Å²) in [6, 6.07) is 6.10. The number of methoxy groups -OCH3 is 1. The molecule has 3 heterocycles. The molecule has 21 heavy (non-hydrogen) atoms. The van der Waals surface area contributed by atoms with Crippen LogP contribution in [0.5, 0.6) is 5.75 Å². The van der Waals surface area contributed by atoms with E-state index in [0.717, 1.165) is 51.1 Å². The van der Waals surface area contributed by atoms with Crippen molar-refractivity contribution in [2.45, 2.75) is 0 Å². The van der Waals surface area contributed by atoms with Gasteiger partial charge in [0.2, 0.25) is 0 Å². The Morgan fingerprint density at radius 2 is 2.38 bits per heavy atom. The zero-order valence-corrected chi connectivity index (χ0v) is 12.4. The Balaban J connectivity index is 1.92. The topological polar surface area (TPSA) is 38.0 Å². The fourth-order valence-electron chi connectivity index (χ4n) is 2.78. The number of thioether (sulfide) groups is 1. The van der Waals surface area contributed by atoms with E-state index in [1.165, 1.54) is 0 Å². The van der Waals surface area contributed by atoms with Crippen molar-refractivity contribution >= 4 is 33.6 Å². The van der Waals surface area contributed by atoms with Gasteiger partial charge in [0.05, 0.1) is 25.6 Å². The van der Waals surface area contributed by atoms with Gasteiger partial charge in [0, 0.05) is 22.4 Å². The van der Waals surface area contributed by atoms with Crippen LogP contribution in [0.25, 0.3) is 16.7 Å². The third kappa shape index (κ3) is 1.81. The SMILES string of the molecule is C=CC1=C(c2cc(OC)c3occc3c2)N2CCN=C2S1. The molecule has 0 spiro atoms. The number of amidine groups is 1. The first-order valence-electron chi connectivity index (χ1n) is 6.74. The molecule has 0 radical (unpaired) electrons. The van der Waals surface area contributed by atoms with E-state index in [0.29, 0.717) is 0 Å². The van der Waals surface area contributed by atoms with Crippen LogP contribution in [0.3, 0.4) is 0 Å². The predicted molar refractivity (Wildman–Crippen MR) is 86.5 cm³/mol. The Labute approximate surface area is 126 Å². The van der Waals surface area contributed by atoms with Crippen LogP contribution < -0.4 is 4.74 Å². The van der Waals surface area contributed by atoms with Crippen molar-refractivity contribution < 1.29 is 9.15 Å². The quantitative estimate of drug-likeness (QED) is 0.865. The Morgan fingerprint density at radius 3 is 3.19 bits per heavy atom. The molecule has 106 valence electrons. The van der Waals surface area contributed by atoms with Gasteiger partial charge in [0.1, 0.15) is 0 Å². The standard InChI is InChI=1S/C16H14N2O2S/c1-3-13-14(18-6-5-17-16(18)21-13)11-8-10-4-7-20-15(10)12(9-11)19-2/h3-4,7-9H,1,5-6H2,2H3. The van der Waals surface area contributed by atoms with E-state index in [4.69, 9.17) is 9.15 Å². The molecule has 0 aliphatic carbocycles. The molecule has 1 aromatic heterocycles. The second kappa shape index (κ2) is 4.70. The van der Waals surface area contributed by atoms with Crippen molar-refractivity contribution in [1.82, 2.24) is 4.90 Å². The van der Waals surface area contributed by atoms with Gasteiger partial charge in [-0.05, 0) is 30.0 Å². The van der Waals surface area contributed by atoms with Crippen LogP contribution in [0.1, 0.15) is 5.56 Å². The van der Waals surface area contributed by atoms with Crippen molar-refractivity contribution in [3.05, 3.63) is 47.6 Å². The van der Waals surface area contributed by atoms with Gasteiger partial charge in [-0.3, -0.25) is 4.99 Å². The minimum absolute atomic E-state index is 0.748. The first-order chi connectivity index (χ1) is 10.3. The second-order valence-corrected chi connectivity index (χ2v) is 5.86. The van der Waals surface area contributed by atoms with E-state index < -0.39 is 0 Å². The average Bonchev–Trinajstić information content (AvgIpc) is 3.19. The summed E-state index contributed by atoms with van der Waals surface area (Å²) in [6.07, 6.45) is 3.58. The second-order valence-electron chi connectivity index (χ2n) is 4.85. The van der Waals surface area contributed by atoms with E-state index in [1.54, 1.807) is 25.1 Å². The Hall–Kier alpha value is -2.14. The number of hydrogen-bond donors (Lipinski definition) is 0. The third-order valence-corrected chi connectivity index (χ3v) is 4.81. The number of furan rings is 1. The Morgan fingerprint density at radius 1 is 1.48 bits per heavy atom. The lowest BCUT2D eigenvalue weighted by Gasteiger charge is -2.17. The summed E-state index contributed by atoms with van der Waals surface area (Å²) in [5.74, 6) is 0.748. The van der Waals surface area contributed by atoms with Crippen LogP contribution in [0, 0.1) is 0 Å². The number of benzene rings is 1. The number of fused-ring (bicyclic) bond motifs is 2. The zero-order chi connectivity index (χ0) is 14.4. The maximum atomic E-state index is 5.49. The van der Waals surface area contributed by atoms with E-state index in [9.17, 15) is 0 Å². The van der Waals surface area contributed by atoms with Crippen molar-refractivity contribution in [2.24, 2.45) is 4.99 Å². The van der Waals surface area contributed by atoms with Gasteiger partial charge in [-0.1, -0.05) is 12.7 Å². The Bertz CT molecular complexity index is 804. The molecule has 2 aliphatic rings. The van der Waals surface area contributed by atoms with Crippen LogP contribution >= 0.6 is 11.8 Å². The summed E-state index contributed by atoms with van der Waals surface area (Å²) in [7, 11) is 1.66. The molecule has 0 N–H and O–H groups in total. The number of aliphatic imine (C=N–C) groups is 1. The lowest BCUT2D eigenvalue weighted by molar-refractivity contribution is 0.410. The molecule has 4 nitrogen and oxygen atoms in total. The van der Waals surface area contributed by atoms with Crippen molar-refractivity contribution in [3.63, 3.8) is 0 Å². The normalized spacial score (nSPS) is 17.4. The molecule has 0 amide bonds. The zero-order valence-electron chi connectivity index (χ0n) is 11.6. The highest BCUT2D eigenvalue weighted by Crippen LogP contribution is 2.43. The van der Waals surface area contributed by atoms with Gasteiger partial charge in [-0.15, -0.1) is 0 Å². The molecule has 0 saturated carbocycles. The third-order valence-electron chi connectivity index (χ3n) is 3.70. The van der Waals surface area contributed by atoms with Gasteiger partial charge in [0.25, 0.3) is 0 Å². The number of hydrogen-bond acceptors (Lipinski definition) is 5. The van der Waals surface area contributed by atoms with Crippen LogP contribution in [0.15, 0.2) is 51.4 Å².